The number of nitrogens with two attached hydrogens (primary N) is 1. The van der Waals surface area contributed by atoms with Crippen molar-refractivity contribution in [1.29, 1.82) is 0 Å². The Balaban J connectivity index is 3.00. The van der Waals surface area contributed by atoms with Crippen LogP contribution in [0.15, 0.2) is 35.3 Å². The second-order valence-corrected chi connectivity index (χ2v) is 3.97. The Hall–Kier alpha value is -0.310. The maximum Gasteiger partial charge on any atom is 0.0551 e. The second kappa shape index (κ2) is 4.80. The van der Waals surface area contributed by atoms with Gasteiger partial charge in [0.1, 0.15) is 0 Å². The quantitative estimate of drug-likeness (QED) is 0.825. The summed E-state index contributed by atoms with van der Waals surface area (Å²) in [7, 11) is 0. The lowest BCUT2D eigenvalue weighted by Gasteiger charge is -2.12. The van der Waals surface area contributed by atoms with Gasteiger partial charge in [0.2, 0.25) is 0 Å². The highest BCUT2D eigenvalue weighted by Crippen LogP contribution is 2.30. The van der Waals surface area contributed by atoms with Crippen LogP contribution < -0.4 is 5.73 Å². The van der Waals surface area contributed by atoms with Crippen LogP contribution in [-0.2, 0) is 0 Å². The van der Waals surface area contributed by atoms with E-state index in [0.717, 1.165) is 16.5 Å². The molecular formula is C10H11BrClN. The Morgan fingerprint density at radius 3 is 2.92 bits per heavy atom. The molecule has 0 aliphatic heterocycles. The number of benzene rings is 1. The minimum atomic E-state index is -0.0365. The summed E-state index contributed by atoms with van der Waals surface area (Å²) in [6.07, 6.45) is 2.55. The predicted molar refractivity (Wildman–Crippen MR) is 60.9 cm³/mol. The van der Waals surface area contributed by atoms with Gasteiger partial charge in [0.05, 0.1) is 5.02 Å². The summed E-state index contributed by atoms with van der Waals surface area (Å²) in [4.78, 5) is 0. The molecule has 1 nitrogen and oxygen atoms in total. The highest BCUT2D eigenvalue weighted by molar-refractivity contribution is 9.10. The lowest BCUT2D eigenvalue weighted by Crippen LogP contribution is -2.09. The first kappa shape index (κ1) is 10.8. The van der Waals surface area contributed by atoms with Gasteiger partial charge in [-0.05, 0) is 34.0 Å². The Bertz CT molecular complexity index is 312. The minimum Gasteiger partial charge on any atom is -0.324 e. The third-order valence-electron chi connectivity index (χ3n) is 1.80. The Labute approximate surface area is 91.7 Å². The SMILES string of the molecule is C=CC[C@H](N)c1cccc(Cl)c1Br. The fraction of sp³-hybridized carbons (Fsp3) is 0.200. The molecule has 1 atom stereocenters. The van der Waals surface area contributed by atoms with Crippen LogP contribution in [-0.4, -0.2) is 0 Å². The molecule has 0 aliphatic carbocycles. The van der Waals surface area contributed by atoms with Crippen LogP contribution in [0, 0.1) is 0 Å². The second-order valence-electron chi connectivity index (χ2n) is 2.77. The van der Waals surface area contributed by atoms with Crippen molar-refractivity contribution >= 4 is 27.5 Å². The summed E-state index contributed by atoms with van der Waals surface area (Å²) in [5, 5.41) is 0.692. The third kappa shape index (κ3) is 2.56. The zero-order chi connectivity index (χ0) is 9.84. The molecule has 2 N–H and O–H groups in total. The van der Waals surface area contributed by atoms with E-state index in [-0.39, 0.29) is 6.04 Å². The molecule has 1 aromatic rings. The average Bonchev–Trinajstić information content (AvgIpc) is 2.10. The van der Waals surface area contributed by atoms with E-state index in [0.29, 0.717) is 5.02 Å². The van der Waals surface area contributed by atoms with Crippen molar-refractivity contribution in [3.8, 4) is 0 Å². The van der Waals surface area contributed by atoms with Crippen molar-refractivity contribution in [2.45, 2.75) is 12.5 Å². The highest BCUT2D eigenvalue weighted by Gasteiger charge is 2.09. The number of hydrogen-bond donors (Lipinski definition) is 1. The van der Waals surface area contributed by atoms with Crippen LogP contribution in [0.3, 0.4) is 0 Å². The summed E-state index contributed by atoms with van der Waals surface area (Å²) >= 11 is 9.33. The van der Waals surface area contributed by atoms with Crippen molar-refractivity contribution in [3.05, 3.63) is 45.9 Å². The first-order chi connectivity index (χ1) is 6.16. The molecule has 0 aromatic heterocycles. The van der Waals surface area contributed by atoms with Gasteiger partial charge in [-0.25, -0.2) is 0 Å². The summed E-state index contributed by atoms with van der Waals surface area (Å²) in [6, 6.07) is 5.65. The maximum atomic E-state index is 5.93. The normalized spacial score (nSPS) is 12.5. The first-order valence-electron chi connectivity index (χ1n) is 3.97. The van der Waals surface area contributed by atoms with Gasteiger partial charge in [0.15, 0.2) is 0 Å². The molecule has 0 unspecified atom stereocenters. The number of halogens is 2. The smallest absolute Gasteiger partial charge is 0.0551 e. The van der Waals surface area contributed by atoms with E-state index in [2.05, 4.69) is 22.5 Å². The minimum absolute atomic E-state index is 0.0365. The van der Waals surface area contributed by atoms with Gasteiger partial charge in [0, 0.05) is 10.5 Å². The fourth-order valence-electron chi connectivity index (χ4n) is 1.11. The van der Waals surface area contributed by atoms with Crippen LogP contribution in [0.25, 0.3) is 0 Å². The monoisotopic (exact) mass is 259 g/mol. The summed E-state index contributed by atoms with van der Waals surface area (Å²) in [5.41, 5.74) is 6.94. The molecule has 0 heterocycles. The molecular weight excluding hydrogens is 249 g/mol. The van der Waals surface area contributed by atoms with Crippen molar-refractivity contribution in [2.75, 3.05) is 0 Å². The Kier molecular flexibility index (Phi) is 3.97. The number of hydrogen-bond acceptors (Lipinski definition) is 1. The molecule has 0 bridgehead atoms. The van der Waals surface area contributed by atoms with E-state index in [1.807, 2.05) is 18.2 Å². The van der Waals surface area contributed by atoms with Gasteiger partial charge >= 0.3 is 0 Å². The lowest BCUT2D eigenvalue weighted by molar-refractivity contribution is 0.738. The van der Waals surface area contributed by atoms with Crippen molar-refractivity contribution in [3.63, 3.8) is 0 Å². The summed E-state index contributed by atoms with van der Waals surface area (Å²) < 4.78 is 0.881. The molecule has 0 fully saturated rings. The maximum absolute atomic E-state index is 5.93. The topological polar surface area (TPSA) is 26.0 Å². The molecule has 0 saturated carbocycles. The molecule has 1 rings (SSSR count). The van der Waals surface area contributed by atoms with Crippen LogP contribution in [0.4, 0.5) is 0 Å². The molecule has 0 aliphatic rings. The van der Waals surface area contributed by atoms with Crippen LogP contribution >= 0.6 is 27.5 Å². The van der Waals surface area contributed by atoms with E-state index in [1.54, 1.807) is 6.08 Å². The largest absolute Gasteiger partial charge is 0.324 e. The molecule has 1 aromatic carbocycles. The van der Waals surface area contributed by atoms with Gasteiger partial charge in [-0.15, -0.1) is 6.58 Å². The van der Waals surface area contributed by atoms with E-state index >= 15 is 0 Å². The molecule has 0 spiro atoms. The lowest BCUT2D eigenvalue weighted by atomic mass is 10.1. The van der Waals surface area contributed by atoms with E-state index in [9.17, 15) is 0 Å². The molecule has 70 valence electrons. The summed E-state index contributed by atoms with van der Waals surface area (Å²) in [5.74, 6) is 0. The fourth-order valence-corrected chi connectivity index (χ4v) is 1.85. The first-order valence-corrected chi connectivity index (χ1v) is 5.14. The zero-order valence-corrected chi connectivity index (χ0v) is 9.48. The van der Waals surface area contributed by atoms with Crippen molar-refractivity contribution in [1.82, 2.24) is 0 Å². The van der Waals surface area contributed by atoms with Crippen LogP contribution in [0.1, 0.15) is 18.0 Å². The Morgan fingerprint density at radius 1 is 1.62 bits per heavy atom. The standard InChI is InChI=1S/C10H11BrClN/c1-2-4-9(13)7-5-3-6-8(12)10(7)11/h2-3,5-6,9H,1,4,13H2/t9-/m0/s1. The van der Waals surface area contributed by atoms with Crippen molar-refractivity contribution in [2.24, 2.45) is 5.73 Å². The van der Waals surface area contributed by atoms with Gasteiger partial charge < -0.3 is 5.73 Å². The zero-order valence-electron chi connectivity index (χ0n) is 7.13. The molecule has 3 heteroatoms. The van der Waals surface area contributed by atoms with Gasteiger partial charge in [-0.3, -0.25) is 0 Å². The van der Waals surface area contributed by atoms with Gasteiger partial charge in [-0.1, -0.05) is 29.8 Å². The molecule has 0 radical (unpaired) electrons. The number of rotatable bonds is 3. The van der Waals surface area contributed by atoms with Crippen molar-refractivity contribution < 1.29 is 0 Å². The molecule has 0 saturated heterocycles. The van der Waals surface area contributed by atoms with Crippen LogP contribution in [0.2, 0.25) is 5.02 Å². The average molecular weight is 261 g/mol. The van der Waals surface area contributed by atoms with E-state index < -0.39 is 0 Å². The van der Waals surface area contributed by atoms with Gasteiger partial charge in [-0.2, -0.15) is 0 Å². The molecule has 13 heavy (non-hydrogen) atoms. The van der Waals surface area contributed by atoms with E-state index in [4.69, 9.17) is 17.3 Å². The highest BCUT2D eigenvalue weighted by atomic mass is 79.9. The van der Waals surface area contributed by atoms with Gasteiger partial charge in [0.25, 0.3) is 0 Å². The third-order valence-corrected chi connectivity index (χ3v) is 3.23. The summed E-state index contributed by atoms with van der Waals surface area (Å²) in [6.45, 7) is 3.65. The Morgan fingerprint density at radius 2 is 2.31 bits per heavy atom. The van der Waals surface area contributed by atoms with E-state index in [1.165, 1.54) is 0 Å². The predicted octanol–water partition coefficient (Wildman–Crippen LogP) is 3.68. The van der Waals surface area contributed by atoms with Crippen LogP contribution in [0.5, 0.6) is 0 Å². The molecule has 0 amide bonds.